The Balaban J connectivity index is 1.69. The maximum absolute atomic E-state index is 12.2. The van der Waals surface area contributed by atoms with Crippen molar-refractivity contribution in [3.8, 4) is 0 Å². The number of carbonyl (C=O) groups is 2. The first-order chi connectivity index (χ1) is 12.5. The molecule has 0 spiro atoms. The van der Waals surface area contributed by atoms with E-state index in [1.54, 1.807) is 48.5 Å². The Morgan fingerprint density at radius 1 is 0.923 bits per heavy atom. The van der Waals surface area contributed by atoms with Gasteiger partial charge in [0, 0.05) is 34.4 Å². The molecule has 0 radical (unpaired) electrons. The van der Waals surface area contributed by atoms with E-state index in [1.807, 2.05) is 0 Å². The molecule has 7 heteroatoms. The first-order valence-electron chi connectivity index (χ1n) is 7.78. The molecule has 0 aliphatic carbocycles. The second-order valence-corrected chi connectivity index (χ2v) is 5.96. The number of rotatable bonds is 5. The lowest BCUT2D eigenvalue weighted by atomic mass is 10.1. The van der Waals surface area contributed by atoms with Gasteiger partial charge in [0.05, 0.1) is 5.56 Å². The average Bonchev–Trinajstić information content (AvgIpc) is 2.62. The Labute approximate surface area is 155 Å². The Kier molecular flexibility index (Phi) is 5.24. The largest absolute Gasteiger partial charge is 0.324 e. The number of ketones is 1. The summed E-state index contributed by atoms with van der Waals surface area (Å²) in [6.45, 7) is 1.50. The highest BCUT2D eigenvalue weighted by Gasteiger charge is 2.08. The molecule has 0 saturated heterocycles. The second-order valence-electron chi connectivity index (χ2n) is 5.52. The third-order valence-corrected chi connectivity index (χ3v) is 3.76. The van der Waals surface area contributed by atoms with Gasteiger partial charge in [-0.05, 0) is 37.3 Å². The summed E-state index contributed by atoms with van der Waals surface area (Å²) in [6, 6.07) is 13.9. The molecule has 3 aromatic rings. The molecule has 2 aromatic carbocycles. The maximum Gasteiger partial charge on any atom is 0.258 e. The molecule has 0 atom stereocenters. The zero-order valence-corrected chi connectivity index (χ0v) is 14.6. The van der Waals surface area contributed by atoms with Crippen molar-refractivity contribution in [2.75, 3.05) is 10.6 Å². The zero-order valence-electron chi connectivity index (χ0n) is 13.9. The van der Waals surface area contributed by atoms with Gasteiger partial charge < -0.3 is 10.6 Å². The molecule has 0 saturated carbocycles. The zero-order chi connectivity index (χ0) is 18.5. The van der Waals surface area contributed by atoms with E-state index in [0.29, 0.717) is 33.5 Å². The van der Waals surface area contributed by atoms with E-state index in [2.05, 4.69) is 20.6 Å². The number of hydrogen-bond acceptors (Lipinski definition) is 5. The predicted molar refractivity (Wildman–Crippen MR) is 101 cm³/mol. The van der Waals surface area contributed by atoms with Crippen LogP contribution in [0.1, 0.15) is 27.6 Å². The van der Waals surface area contributed by atoms with Crippen molar-refractivity contribution in [2.45, 2.75) is 6.92 Å². The highest BCUT2D eigenvalue weighted by Crippen LogP contribution is 2.17. The van der Waals surface area contributed by atoms with E-state index in [0.717, 1.165) is 0 Å². The van der Waals surface area contributed by atoms with Gasteiger partial charge in [0.25, 0.3) is 5.91 Å². The first-order valence-corrected chi connectivity index (χ1v) is 8.16. The fourth-order valence-corrected chi connectivity index (χ4v) is 2.41. The molecule has 0 unspecified atom stereocenters. The summed E-state index contributed by atoms with van der Waals surface area (Å²) in [4.78, 5) is 31.9. The molecular weight excluding hydrogens is 352 g/mol. The molecule has 26 heavy (non-hydrogen) atoms. The van der Waals surface area contributed by atoms with Crippen molar-refractivity contribution in [1.82, 2.24) is 9.97 Å². The summed E-state index contributed by atoms with van der Waals surface area (Å²) in [5.41, 5.74) is 2.18. The number of amides is 1. The predicted octanol–water partition coefficient (Wildman–Crippen LogP) is 4.33. The Morgan fingerprint density at radius 2 is 1.62 bits per heavy atom. The third kappa shape index (κ3) is 4.43. The molecule has 1 aromatic heterocycles. The van der Waals surface area contributed by atoms with E-state index in [1.165, 1.54) is 19.3 Å². The van der Waals surface area contributed by atoms with Crippen LogP contribution < -0.4 is 10.6 Å². The highest BCUT2D eigenvalue weighted by molar-refractivity contribution is 6.30. The van der Waals surface area contributed by atoms with Crippen molar-refractivity contribution in [2.24, 2.45) is 0 Å². The van der Waals surface area contributed by atoms with E-state index >= 15 is 0 Å². The topological polar surface area (TPSA) is 84.0 Å². The van der Waals surface area contributed by atoms with Crippen molar-refractivity contribution >= 4 is 40.6 Å². The summed E-state index contributed by atoms with van der Waals surface area (Å²) >= 11 is 5.90. The van der Waals surface area contributed by atoms with Crippen LogP contribution in [0.2, 0.25) is 5.02 Å². The van der Waals surface area contributed by atoms with Crippen LogP contribution in [0.25, 0.3) is 0 Å². The highest BCUT2D eigenvalue weighted by atomic mass is 35.5. The van der Waals surface area contributed by atoms with Crippen molar-refractivity contribution in [1.29, 1.82) is 0 Å². The molecule has 0 aliphatic rings. The van der Waals surface area contributed by atoms with Gasteiger partial charge in [-0.3, -0.25) is 9.59 Å². The molecule has 1 amide bonds. The number of aromatic nitrogens is 2. The van der Waals surface area contributed by atoms with E-state index in [4.69, 9.17) is 11.6 Å². The van der Waals surface area contributed by atoms with Gasteiger partial charge in [0.2, 0.25) is 5.95 Å². The Morgan fingerprint density at radius 3 is 2.31 bits per heavy atom. The third-order valence-electron chi connectivity index (χ3n) is 3.52. The smallest absolute Gasteiger partial charge is 0.258 e. The minimum Gasteiger partial charge on any atom is -0.324 e. The number of Topliss-reactive ketones (excluding diaryl/α,β-unsaturated/α-hetero) is 1. The molecule has 6 nitrogen and oxygen atoms in total. The molecule has 130 valence electrons. The molecule has 0 bridgehead atoms. The minimum atomic E-state index is -0.336. The summed E-state index contributed by atoms with van der Waals surface area (Å²) in [6.07, 6.45) is 2.84. The van der Waals surface area contributed by atoms with Gasteiger partial charge in [0.1, 0.15) is 0 Å². The van der Waals surface area contributed by atoms with Gasteiger partial charge in [-0.25, -0.2) is 9.97 Å². The summed E-state index contributed by atoms with van der Waals surface area (Å²) in [7, 11) is 0. The van der Waals surface area contributed by atoms with Crippen molar-refractivity contribution in [3.05, 3.63) is 77.1 Å². The van der Waals surface area contributed by atoms with Gasteiger partial charge in [-0.15, -0.1) is 0 Å². The number of benzene rings is 2. The number of hydrogen-bond donors (Lipinski definition) is 2. The molecule has 0 aliphatic heterocycles. The number of nitrogens with zero attached hydrogens (tertiary/aromatic N) is 2. The first kappa shape index (κ1) is 17.6. The fourth-order valence-electron chi connectivity index (χ4n) is 2.22. The summed E-state index contributed by atoms with van der Waals surface area (Å²) in [5, 5.41) is 6.26. The van der Waals surface area contributed by atoms with E-state index in [9.17, 15) is 9.59 Å². The molecule has 0 fully saturated rings. The van der Waals surface area contributed by atoms with Crippen molar-refractivity contribution in [3.63, 3.8) is 0 Å². The number of halogens is 1. The van der Waals surface area contributed by atoms with Crippen LogP contribution in [0, 0.1) is 0 Å². The van der Waals surface area contributed by atoms with Crippen LogP contribution in [0.5, 0.6) is 0 Å². The number of carbonyl (C=O) groups excluding carboxylic acids is 2. The standard InChI is InChI=1S/C19H15ClN4O2/c1-12(25)13-4-2-6-16(8-13)24-19-21-10-14(11-22-19)18(26)23-17-7-3-5-15(20)9-17/h2-11H,1H3,(H,23,26)(H,21,22,24). The lowest BCUT2D eigenvalue weighted by Gasteiger charge is -2.07. The monoisotopic (exact) mass is 366 g/mol. The molecule has 3 rings (SSSR count). The van der Waals surface area contributed by atoms with Crippen LogP contribution in [0.4, 0.5) is 17.3 Å². The van der Waals surface area contributed by atoms with Gasteiger partial charge in [0.15, 0.2) is 5.78 Å². The molecular formula is C19H15ClN4O2. The summed E-state index contributed by atoms with van der Waals surface area (Å²) in [5.74, 6) is -0.0370. The SMILES string of the molecule is CC(=O)c1cccc(Nc2ncc(C(=O)Nc3cccc(Cl)c3)cn2)c1. The molecule has 2 N–H and O–H groups in total. The lowest BCUT2D eigenvalue weighted by Crippen LogP contribution is -2.13. The van der Waals surface area contributed by atoms with E-state index < -0.39 is 0 Å². The Hall–Kier alpha value is -3.25. The van der Waals surface area contributed by atoms with Crippen LogP contribution in [-0.2, 0) is 0 Å². The fraction of sp³-hybridized carbons (Fsp3) is 0.0526. The quantitative estimate of drug-likeness (QED) is 0.656. The average molecular weight is 367 g/mol. The second kappa shape index (κ2) is 7.76. The van der Waals surface area contributed by atoms with E-state index in [-0.39, 0.29) is 11.7 Å². The van der Waals surface area contributed by atoms with Gasteiger partial charge >= 0.3 is 0 Å². The Bertz CT molecular complexity index is 958. The summed E-state index contributed by atoms with van der Waals surface area (Å²) < 4.78 is 0. The van der Waals surface area contributed by atoms with Crippen LogP contribution in [0.15, 0.2) is 60.9 Å². The minimum absolute atomic E-state index is 0.0254. The lowest BCUT2D eigenvalue weighted by molar-refractivity contribution is 0.101. The van der Waals surface area contributed by atoms with Gasteiger partial charge in [-0.2, -0.15) is 0 Å². The number of anilines is 3. The number of nitrogens with one attached hydrogen (secondary N) is 2. The van der Waals surface area contributed by atoms with Gasteiger partial charge in [-0.1, -0.05) is 29.8 Å². The van der Waals surface area contributed by atoms with Crippen LogP contribution in [0.3, 0.4) is 0 Å². The van der Waals surface area contributed by atoms with Crippen LogP contribution in [-0.4, -0.2) is 21.7 Å². The normalized spacial score (nSPS) is 10.2. The molecule has 1 heterocycles. The van der Waals surface area contributed by atoms with Crippen molar-refractivity contribution < 1.29 is 9.59 Å². The van der Waals surface area contributed by atoms with Crippen LogP contribution >= 0.6 is 11.6 Å². The maximum atomic E-state index is 12.2.